The summed E-state index contributed by atoms with van der Waals surface area (Å²) < 4.78 is 21.6. The number of Topliss-reactive ketones (excluding diaryl/α,β-unsaturated/α-hetero) is 1. The van der Waals surface area contributed by atoms with Crippen molar-refractivity contribution in [2.24, 2.45) is 10.2 Å². The monoisotopic (exact) mass is 463 g/mol. The highest BCUT2D eigenvalue weighted by Crippen LogP contribution is 2.41. The topological polar surface area (TPSA) is 108 Å². The minimum absolute atomic E-state index is 0.150. The molecule has 172 valence electrons. The third-order valence-electron chi connectivity index (χ3n) is 4.22. The van der Waals surface area contributed by atoms with Crippen LogP contribution in [0.2, 0.25) is 5.02 Å². The van der Waals surface area contributed by atoms with Gasteiger partial charge in [-0.25, -0.2) is 0 Å². The van der Waals surface area contributed by atoms with Crippen LogP contribution in [0.3, 0.4) is 0 Å². The Hall–Kier alpha value is -3.33. The van der Waals surface area contributed by atoms with E-state index >= 15 is 0 Å². The van der Waals surface area contributed by atoms with Crippen molar-refractivity contribution >= 4 is 34.7 Å². The van der Waals surface area contributed by atoms with Crippen molar-refractivity contribution in [3.05, 3.63) is 35.4 Å². The van der Waals surface area contributed by atoms with Crippen molar-refractivity contribution in [2.75, 3.05) is 32.8 Å². The van der Waals surface area contributed by atoms with Gasteiger partial charge in [0, 0.05) is 0 Å². The van der Waals surface area contributed by atoms with Crippen LogP contribution in [0.25, 0.3) is 0 Å². The second kappa shape index (κ2) is 11.9. The Kier molecular flexibility index (Phi) is 9.27. The molecule has 0 saturated carbocycles. The van der Waals surface area contributed by atoms with Gasteiger partial charge in [0.05, 0.1) is 33.1 Å². The SMILES string of the molecule is CCOc1ccc(NC(=O)C(N=Nc2c(OC)cccc2OC)C(C)=O)c(Cl)c1OCC. The molecule has 9 nitrogen and oxygen atoms in total. The molecular formula is C22H26ClN3O6. The first-order valence-corrected chi connectivity index (χ1v) is 10.3. The minimum atomic E-state index is -1.41. The lowest BCUT2D eigenvalue weighted by atomic mass is 10.2. The number of ketones is 1. The van der Waals surface area contributed by atoms with E-state index in [0.717, 1.165) is 0 Å². The first-order chi connectivity index (χ1) is 15.4. The fraction of sp³-hybridized carbons (Fsp3) is 0.364. The summed E-state index contributed by atoms with van der Waals surface area (Å²) in [4.78, 5) is 25.0. The molecule has 1 atom stereocenters. The predicted octanol–water partition coefficient (Wildman–Crippen LogP) is 4.83. The van der Waals surface area contributed by atoms with Crippen molar-refractivity contribution in [3.8, 4) is 23.0 Å². The van der Waals surface area contributed by atoms with Gasteiger partial charge in [-0.15, -0.1) is 5.11 Å². The fourth-order valence-corrected chi connectivity index (χ4v) is 3.01. The van der Waals surface area contributed by atoms with Crippen LogP contribution in [-0.4, -0.2) is 45.2 Å². The van der Waals surface area contributed by atoms with Crippen LogP contribution in [0.4, 0.5) is 11.4 Å². The Morgan fingerprint density at radius 3 is 2.16 bits per heavy atom. The molecule has 0 aliphatic rings. The molecule has 32 heavy (non-hydrogen) atoms. The lowest BCUT2D eigenvalue weighted by molar-refractivity contribution is -0.126. The smallest absolute Gasteiger partial charge is 0.258 e. The molecular weight excluding hydrogens is 438 g/mol. The van der Waals surface area contributed by atoms with Crippen LogP contribution >= 0.6 is 11.6 Å². The molecule has 0 bridgehead atoms. The fourth-order valence-electron chi connectivity index (χ4n) is 2.75. The van der Waals surface area contributed by atoms with Gasteiger partial charge in [-0.1, -0.05) is 17.7 Å². The highest BCUT2D eigenvalue weighted by molar-refractivity contribution is 6.35. The van der Waals surface area contributed by atoms with Crippen LogP contribution in [0, 0.1) is 0 Å². The van der Waals surface area contributed by atoms with Gasteiger partial charge in [-0.3, -0.25) is 9.59 Å². The number of nitrogens with one attached hydrogen (secondary N) is 1. The molecule has 1 amide bonds. The number of amides is 1. The quantitative estimate of drug-likeness (QED) is 0.377. The van der Waals surface area contributed by atoms with Gasteiger partial charge >= 0.3 is 0 Å². The highest BCUT2D eigenvalue weighted by Gasteiger charge is 2.25. The van der Waals surface area contributed by atoms with Crippen molar-refractivity contribution in [3.63, 3.8) is 0 Å². The summed E-state index contributed by atoms with van der Waals surface area (Å²) in [6.07, 6.45) is 0. The summed E-state index contributed by atoms with van der Waals surface area (Å²) in [5.41, 5.74) is 0.508. The Bertz CT molecular complexity index is 974. The van der Waals surface area contributed by atoms with Gasteiger partial charge in [-0.2, -0.15) is 5.11 Å². The number of halogens is 1. The summed E-state index contributed by atoms with van der Waals surface area (Å²) in [6, 6.07) is 6.81. The number of methoxy groups -OCH3 is 2. The molecule has 1 unspecified atom stereocenters. The molecule has 0 heterocycles. The molecule has 0 saturated heterocycles. The summed E-state index contributed by atoms with van der Waals surface area (Å²) >= 11 is 6.42. The number of nitrogens with zero attached hydrogens (tertiary/aromatic N) is 2. The number of azo groups is 1. The molecule has 0 radical (unpaired) electrons. The molecule has 0 fully saturated rings. The molecule has 0 aromatic heterocycles. The van der Waals surface area contributed by atoms with Gasteiger partial charge in [0.15, 0.2) is 23.0 Å². The second-order valence-electron chi connectivity index (χ2n) is 6.35. The third-order valence-corrected chi connectivity index (χ3v) is 4.59. The van der Waals surface area contributed by atoms with Crippen LogP contribution in [-0.2, 0) is 9.59 Å². The van der Waals surface area contributed by atoms with Crippen LogP contribution < -0.4 is 24.3 Å². The van der Waals surface area contributed by atoms with E-state index in [2.05, 4.69) is 15.5 Å². The summed E-state index contributed by atoms with van der Waals surface area (Å²) in [7, 11) is 2.93. The number of anilines is 1. The largest absolute Gasteiger partial charge is 0.494 e. The zero-order valence-electron chi connectivity index (χ0n) is 18.6. The second-order valence-corrected chi connectivity index (χ2v) is 6.73. The zero-order chi connectivity index (χ0) is 23.7. The molecule has 0 aliphatic carbocycles. The number of hydrogen-bond acceptors (Lipinski definition) is 8. The van der Waals surface area contributed by atoms with Crippen LogP contribution in [0.1, 0.15) is 20.8 Å². The lowest BCUT2D eigenvalue weighted by Gasteiger charge is -2.16. The molecule has 10 heteroatoms. The van der Waals surface area contributed by atoms with Crippen molar-refractivity contribution in [1.29, 1.82) is 0 Å². The number of carbonyl (C=O) groups excluding carboxylic acids is 2. The number of benzene rings is 2. The Morgan fingerprint density at radius 1 is 1.00 bits per heavy atom. The van der Waals surface area contributed by atoms with Gasteiger partial charge in [-0.05, 0) is 45.0 Å². The minimum Gasteiger partial charge on any atom is -0.494 e. The normalized spacial score (nSPS) is 11.7. The van der Waals surface area contributed by atoms with E-state index in [0.29, 0.717) is 36.2 Å². The van der Waals surface area contributed by atoms with Gasteiger partial charge in [0.1, 0.15) is 16.5 Å². The lowest BCUT2D eigenvalue weighted by Crippen LogP contribution is -2.32. The maximum absolute atomic E-state index is 12.8. The average molecular weight is 464 g/mol. The number of hydrogen-bond donors (Lipinski definition) is 1. The number of rotatable bonds is 11. The first-order valence-electron chi connectivity index (χ1n) is 9.89. The number of ether oxygens (including phenoxy) is 4. The highest BCUT2D eigenvalue weighted by atomic mass is 35.5. The molecule has 2 aromatic carbocycles. The van der Waals surface area contributed by atoms with E-state index in [1.54, 1.807) is 37.3 Å². The van der Waals surface area contributed by atoms with E-state index < -0.39 is 17.7 Å². The van der Waals surface area contributed by atoms with E-state index in [1.807, 2.05) is 6.92 Å². The maximum Gasteiger partial charge on any atom is 0.258 e. The Balaban J connectivity index is 2.34. The Labute approximate surface area is 191 Å². The molecule has 2 aromatic rings. The van der Waals surface area contributed by atoms with Crippen molar-refractivity contribution in [2.45, 2.75) is 26.8 Å². The van der Waals surface area contributed by atoms with Gasteiger partial charge in [0.2, 0.25) is 6.04 Å². The Morgan fingerprint density at radius 2 is 1.62 bits per heavy atom. The van der Waals surface area contributed by atoms with E-state index in [9.17, 15) is 9.59 Å². The van der Waals surface area contributed by atoms with Gasteiger partial charge < -0.3 is 24.3 Å². The van der Waals surface area contributed by atoms with Gasteiger partial charge in [0.25, 0.3) is 5.91 Å². The molecule has 0 spiro atoms. The van der Waals surface area contributed by atoms with E-state index in [-0.39, 0.29) is 16.4 Å². The van der Waals surface area contributed by atoms with Crippen molar-refractivity contribution in [1.82, 2.24) is 0 Å². The predicted molar refractivity (Wildman–Crippen MR) is 121 cm³/mol. The summed E-state index contributed by atoms with van der Waals surface area (Å²) in [5, 5.41) is 10.8. The molecule has 0 aliphatic heterocycles. The van der Waals surface area contributed by atoms with E-state index in [4.69, 9.17) is 30.5 Å². The standard InChI is InChI=1S/C22H26ClN3O6/c1-6-31-17-12-11-14(18(23)21(17)32-7-2)24-22(28)19(13(3)27)25-26-20-15(29-4)9-8-10-16(20)30-5/h8-12,19H,6-7H2,1-5H3,(H,24,28). The van der Waals surface area contributed by atoms with E-state index in [1.165, 1.54) is 21.1 Å². The molecule has 1 N–H and O–H groups in total. The zero-order valence-corrected chi connectivity index (χ0v) is 19.4. The summed E-state index contributed by atoms with van der Waals surface area (Å²) in [5.74, 6) is 0.297. The summed E-state index contributed by atoms with van der Waals surface area (Å²) in [6.45, 7) is 5.64. The van der Waals surface area contributed by atoms with Crippen LogP contribution in [0.5, 0.6) is 23.0 Å². The first kappa shape index (κ1) is 24.9. The third kappa shape index (κ3) is 5.88. The van der Waals surface area contributed by atoms with Crippen LogP contribution in [0.15, 0.2) is 40.6 Å². The number of carbonyl (C=O) groups is 2. The maximum atomic E-state index is 12.8. The van der Waals surface area contributed by atoms with Crippen molar-refractivity contribution < 1.29 is 28.5 Å². The average Bonchev–Trinajstić information content (AvgIpc) is 2.78. The molecule has 2 rings (SSSR count).